The topological polar surface area (TPSA) is 72.9 Å². The van der Waals surface area contributed by atoms with Crippen molar-refractivity contribution in [3.63, 3.8) is 0 Å². The molecular weight excluding hydrogens is 403 g/mol. The second kappa shape index (κ2) is 10.3. The third kappa shape index (κ3) is 6.08. The Morgan fingerprint density at radius 1 is 1.07 bits per heavy atom. The Balaban J connectivity index is 2.40. The van der Waals surface area contributed by atoms with Gasteiger partial charge in [-0.1, -0.05) is 12.1 Å². The molecule has 164 valence electrons. The first kappa shape index (κ1) is 23.4. The lowest BCUT2D eigenvalue weighted by Gasteiger charge is -2.30. The molecule has 2 rings (SSSR count). The van der Waals surface area contributed by atoms with Crippen LogP contribution in [-0.4, -0.2) is 36.5 Å². The molecule has 0 N–H and O–H groups in total. The number of hydrogen-bond acceptors (Lipinski definition) is 5. The highest BCUT2D eigenvalue weighted by atomic mass is 19.4. The zero-order valence-electron chi connectivity index (χ0n) is 16.9. The summed E-state index contributed by atoms with van der Waals surface area (Å²) >= 11 is 0. The number of rotatable bonds is 7. The molecule has 0 heterocycles. The molecule has 0 radical (unpaired) electrons. The molecule has 0 unspecified atom stereocenters. The Morgan fingerprint density at radius 3 is 2.27 bits per heavy atom. The SMILES string of the molecule is CCOC(=O)C1=C(N(Cc2ccc(C(F)(F)F)cc2)C(=O)CC(=O)OC)CCCC1. The van der Waals surface area contributed by atoms with Crippen LogP contribution in [0.2, 0.25) is 0 Å². The average molecular weight is 427 g/mol. The number of alkyl halides is 3. The zero-order chi connectivity index (χ0) is 22.3. The summed E-state index contributed by atoms with van der Waals surface area (Å²) in [5, 5.41) is 0. The summed E-state index contributed by atoms with van der Waals surface area (Å²) in [4.78, 5) is 38.1. The third-order valence-electron chi connectivity index (χ3n) is 4.73. The quantitative estimate of drug-likeness (QED) is 0.486. The van der Waals surface area contributed by atoms with Gasteiger partial charge in [0.1, 0.15) is 6.42 Å². The molecule has 0 aliphatic heterocycles. The summed E-state index contributed by atoms with van der Waals surface area (Å²) in [6.45, 7) is 1.76. The van der Waals surface area contributed by atoms with E-state index in [-0.39, 0.29) is 13.2 Å². The fraction of sp³-hybridized carbons (Fsp3) is 0.476. The summed E-state index contributed by atoms with van der Waals surface area (Å²) in [5.74, 6) is -1.87. The monoisotopic (exact) mass is 427 g/mol. The van der Waals surface area contributed by atoms with E-state index in [1.807, 2.05) is 0 Å². The molecule has 0 saturated heterocycles. The Labute approximate surface area is 172 Å². The molecule has 1 aromatic carbocycles. The summed E-state index contributed by atoms with van der Waals surface area (Å²) in [7, 11) is 1.15. The molecule has 0 fully saturated rings. The standard InChI is InChI=1S/C21H24F3NO5/c1-3-30-20(28)16-6-4-5-7-17(16)25(18(26)12-19(27)29-2)13-14-8-10-15(11-9-14)21(22,23)24/h8-11H,3-7,12-13H2,1-2H3. The summed E-state index contributed by atoms with van der Waals surface area (Å²) < 4.78 is 48.1. The first-order chi connectivity index (χ1) is 14.2. The van der Waals surface area contributed by atoms with E-state index in [9.17, 15) is 27.6 Å². The number of methoxy groups -OCH3 is 1. The Kier molecular flexibility index (Phi) is 8.02. The summed E-state index contributed by atoms with van der Waals surface area (Å²) in [6, 6.07) is 4.41. The van der Waals surface area contributed by atoms with E-state index in [2.05, 4.69) is 4.74 Å². The molecule has 6 nitrogen and oxygen atoms in total. The van der Waals surface area contributed by atoms with Gasteiger partial charge in [-0.3, -0.25) is 9.59 Å². The zero-order valence-corrected chi connectivity index (χ0v) is 16.9. The van der Waals surface area contributed by atoms with Crippen LogP contribution in [0, 0.1) is 0 Å². The van der Waals surface area contributed by atoms with Crippen LogP contribution >= 0.6 is 0 Å². The molecule has 1 aromatic rings. The van der Waals surface area contributed by atoms with Crippen LogP contribution in [0.25, 0.3) is 0 Å². The molecule has 9 heteroatoms. The lowest BCUT2D eigenvalue weighted by atomic mass is 9.94. The van der Waals surface area contributed by atoms with Crippen LogP contribution in [0.5, 0.6) is 0 Å². The second-order valence-electron chi connectivity index (χ2n) is 6.78. The number of allylic oxidation sites excluding steroid dienone is 1. The highest BCUT2D eigenvalue weighted by Crippen LogP contribution is 2.32. The number of hydrogen-bond donors (Lipinski definition) is 0. The van der Waals surface area contributed by atoms with Gasteiger partial charge in [0.25, 0.3) is 0 Å². The third-order valence-corrected chi connectivity index (χ3v) is 4.73. The Morgan fingerprint density at radius 2 is 1.70 bits per heavy atom. The number of amides is 1. The second-order valence-corrected chi connectivity index (χ2v) is 6.78. The number of ether oxygens (including phenoxy) is 2. The van der Waals surface area contributed by atoms with E-state index in [0.29, 0.717) is 29.7 Å². The van der Waals surface area contributed by atoms with Gasteiger partial charge in [0, 0.05) is 5.70 Å². The van der Waals surface area contributed by atoms with Crippen molar-refractivity contribution in [2.75, 3.05) is 13.7 Å². The maximum Gasteiger partial charge on any atom is 0.416 e. The lowest BCUT2D eigenvalue weighted by molar-refractivity contribution is -0.146. The predicted molar refractivity (Wildman–Crippen MR) is 101 cm³/mol. The first-order valence-electron chi connectivity index (χ1n) is 9.59. The molecule has 0 spiro atoms. The van der Waals surface area contributed by atoms with Crippen LogP contribution < -0.4 is 0 Å². The normalized spacial score (nSPS) is 14.3. The van der Waals surface area contributed by atoms with Crippen LogP contribution in [0.3, 0.4) is 0 Å². The van der Waals surface area contributed by atoms with Crippen molar-refractivity contribution in [1.82, 2.24) is 4.90 Å². The van der Waals surface area contributed by atoms with Crippen molar-refractivity contribution in [2.45, 2.75) is 51.7 Å². The van der Waals surface area contributed by atoms with Crippen molar-refractivity contribution >= 4 is 17.8 Å². The highest BCUT2D eigenvalue weighted by molar-refractivity contribution is 5.96. The molecule has 0 aromatic heterocycles. The summed E-state index contributed by atoms with van der Waals surface area (Å²) in [6.07, 6.45) is -2.70. The maximum atomic E-state index is 12.8. The fourth-order valence-corrected chi connectivity index (χ4v) is 3.23. The molecule has 30 heavy (non-hydrogen) atoms. The predicted octanol–water partition coefficient (Wildman–Crippen LogP) is 3.99. The van der Waals surface area contributed by atoms with Crippen molar-refractivity contribution in [1.29, 1.82) is 0 Å². The molecule has 1 aliphatic rings. The van der Waals surface area contributed by atoms with Gasteiger partial charge in [0.05, 0.1) is 31.4 Å². The van der Waals surface area contributed by atoms with Gasteiger partial charge in [-0.2, -0.15) is 13.2 Å². The van der Waals surface area contributed by atoms with Gasteiger partial charge in [-0.25, -0.2) is 4.79 Å². The van der Waals surface area contributed by atoms with Crippen LogP contribution in [0.4, 0.5) is 13.2 Å². The van der Waals surface area contributed by atoms with Crippen LogP contribution in [0.15, 0.2) is 35.5 Å². The van der Waals surface area contributed by atoms with E-state index >= 15 is 0 Å². The number of carbonyl (C=O) groups is 3. The number of benzene rings is 1. The lowest BCUT2D eigenvalue weighted by Crippen LogP contribution is -2.34. The minimum absolute atomic E-state index is 0.0772. The van der Waals surface area contributed by atoms with E-state index in [4.69, 9.17) is 4.74 Å². The van der Waals surface area contributed by atoms with Crippen molar-refractivity contribution in [3.8, 4) is 0 Å². The molecular formula is C21H24F3NO5. The van der Waals surface area contributed by atoms with Gasteiger partial charge >= 0.3 is 18.1 Å². The molecule has 1 aliphatic carbocycles. The number of nitrogens with zero attached hydrogens (tertiary/aromatic N) is 1. The number of carbonyl (C=O) groups excluding carboxylic acids is 3. The van der Waals surface area contributed by atoms with Gasteiger partial charge < -0.3 is 14.4 Å². The first-order valence-corrected chi connectivity index (χ1v) is 9.59. The average Bonchev–Trinajstić information content (AvgIpc) is 2.71. The van der Waals surface area contributed by atoms with E-state index < -0.39 is 36.0 Å². The van der Waals surface area contributed by atoms with E-state index in [0.717, 1.165) is 32.1 Å². The van der Waals surface area contributed by atoms with Gasteiger partial charge in [-0.15, -0.1) is 0 Å². The highest BCUT2D eigenvalue weighted by Gasteiger charge is 2.31. The van der Waals surface area contributed by atoms with Crippen molar-refractivity contribution < 1.29 is 37.0 Å². The van der Waals surface area contributed by atoms with Crippen molar-refractivity contribution in [3.05, 3.63) is 46.7 Å². The molecule has 0 atom stereocenters. The van der Waals surface area contributed by atoms with Crippen LogP contribution in [-0.2, 0) is 36.6 Å². The van der Waals surface area contributed by atoms with E-state index in [1.165, 1.54) is 17.0 Å². The number of halogens is 3. The molecule has 0 bridgehead atoms. The number of esters is 2. The van der Waals surface area contributed by atoms with Crippen molar-refractivity contribution in [2.24, 2.45) is 0 Å². The van der Waals surface area contributed by atoms with Gasteiger partial charge in [0.15, 0.2) is 0 Å². The Hall–Kier alpha value is -2.84. The van der Waals surface area contributed by atoms with E-state index in [1.54, 1.807) is 6.92 Å². The minimum atomic E-state index is -4.47. The summed E-state index contributed by atoms with van der Waals surface area (Å²) in [5.41, 5.74) is 0.423. The molecule has 0 saturated carbocycles. The smallest absolute Gasteiger partial charge is 0.416 e. The Bertz CT molecular complexity index is 815. The fourth-order valence-electron chi connectivity index (χ4n) is 3.23. The molecule has 1 amide bonds. The van der Waals surface area contributed by atoms with Gasteiger partial charge in [0.2, 0.25) is 5.91 Å². The minimum Gasteiger partial charge on any atom is -0.469 e. The maximum absolute atomic E-state index is 12.8. The van der Waals surface area contributed by atoms with Gasteiger partial charge in [-0.05, 0) is 50.3 Å². The van der Waals surface area contributed by atoms with Crippen LogP contribution in [0.1, 0.15) is 50.2 Å². The largest absolute Gasteiger partial charge is 0.469 e.